The lowest BCUT2D eigenvalue weighted by Crippen LogP contribution is -2.46. The SMILES string of the molecule is CCCCCCCC/C=C\CCCCCCCCC(CCCCCC/C=C\CCCCCCCC)(C(=O)O)S(=O)(=O)O. The topological polar surface area (TPSA) is 91.7 Å². The number of carboxylic acids is 1. The van der Waals surface area contributed by atoms with Crippen LogP contribution in [-0.4, -0.2) is 28.8 Å². The van der Waals surface area contributed by atoms with Crippen molar-refractivity contribution in [1.29, 1.82) is 0 Å². The normalized spacial score (nSPS) is 13.8. The van der Waals surface area contributed by atoms with Crippen molar-refractivity contribution in [1.82, 2.24) is 0 Å². The molecule has 0 aromatic rings. The molecular formula is C36H68O5S. The van der Waals surface area contributed by atoms with Crippen LogP contribution < -0.4 is 0 Å². The highest BCUT2D eigenvalue weighted by molar-refractivity contribution is 7.88. The molecule has 2 N–H and O–H groups in total. The molecule has 0 bridgehead atoms. The van der Waals surface area contributed by atoms with Crippen LogP contribution in [-0.2, 0) is 14.9 Å². The lowest BCUT2D eigenvalue weighted by Gasteiger charge is -2.26. The van der Waals surface area contributed by atoms with Gasteiger partial charge in [-0.05, 0) is 64.2 Å². The van der Waals surface area contributed by atoms with Crippen molar-refractivity contribution in [3.05, 3.63) is 24.3 Å². The molecule has 0 aromatic carbocycles. The summed E-state index contributed by atoms with van der Waals surface area (Å²) in [5.41, 5.74) is 0. The second-order valence-electron chi connectivity index (χ2n) is 12.4. The summed E-state index contributed by atoms with van der Waals surface area (Å²) >= 11 is 0. The van der Waals surface area contributed by atoms with E-state index in [4.69, 9.17) is 0 Å². The fourth-order valence-corrected chi connectivity index (χ4v) is 6.70. The number of unbranched alkanes of at least 4 members (excludes halogenated alkanes) is 22. The number of rotatable bonds is 32. The minimum atomic E-state index is -4.68. The zero-order chi connectivity index (χ0) is 31.2. The van der Waals surface area contributed by atoms with Crippen molar-refractivity contribution < 1.29 is 22.9 Å². The fourth-order valence-electron chi connectivity index (χ4n) is 5.67. The van der Waals surface area contributed by atoms with Gasteiger partial charge in [0.2, 0.25) is 0 Å². The van der Waals surface area contributed by atoms with Crippen LogP contribution in [0.25, 0.3) is 0 Å². The number of carbonyl (C=O) groups is 1. The molecule has 0 heterocycles. The quantitative estimate of drug-likeness (QED) is 0.0448. The Morgan fingerprint density at radius 2 is 0.762 bits per heavy atom. The van der Waals surface area contributed by atoms with Crippen molar-refractivity contribution in [2.45, 2.75) is 198 Å². The molecule has 0 aliphatic heterocycles. The van der Waals surface area contributed by atoms with Crippen molar-refractivity contribution in [2.75, 3.05) is 0 Å². The van der Waals surface area contributed by atoms with E-state index in [1.54, 1.807) is 0 Å². The average Bonchev–Trinajstić information content (AvgIpc) is 2.95. The van der Waals surface area contributed by atoms with Crippen LogP contribution in [0.15, 0.2) is 24.3 Å². The van der Waals surface area contributed by atoms with E-state index in [0.717, 1.165) is 70.6 Å². The summed E-state index contributed by atoms with van der Waals surface area (Å²) in [5.74, 6) is -1.41. The molecule has 1 atom stereocenters. The molecule has 248 valence electrons. The number of allylic oxidation sites excluding steroid dienone is 4. The van der Waals surface area contributed by atoms with Crippen LogP contribution in [0.4, 0.5) is 0 Å². The second kappa shape index (κ2) is 28.6. The fraction of sp³-hybridized carbons (Fsp3) is 0.861. The highest BCUT2D eigenvalue weighted by Crippen LogP contribution is 2.31. The summed E-state index contributed by atoms with van der Waals surface area (Å²) in [5, 5.41) is 9.83. The Balaban J connectivity index is 4.06. The standard InChI is InChI=1S/C36H68O5S/c1-3-5-7-9-11-13-15-17-19-20-22-24-26-28-30-32-34-36(35(37)38,42(39,40)41)33-31-29-27-25-23-21-18-16-14-12-10-8-6-4-2/h17-19,21H,3-16,20,22-34H2,1-2H3,(H,37,38)(H,39,40,41)/b19-17-,21-18-. The van der Waals surface area contributed by atoms with Crippen LogP contribution in [0.2, 0.25) is 0 Å². The summed E-state index contributed by atoms with van der Waals surface area (Å²) in [6, 6.07) is 0. The maximum absolute atomic E-state index is 12.2. The van der Waals surface area contributed by atoms with Gasteiger partial charge in [0, 0.05) is 0 Å². The van der Waals surface area contributed by atoms with Crippen LogP contribution in [0.5, 0.6) is 0 Å². The maximum Gasteiger partial charge on any atom is 0.327 e. The lowest BCUT2D eigenvalue weighted by molar-refractivity contribution is -0.140. The molecule has 5 nitrogen and oxygen atoms in total. The Kier molecular flexibility index (Phi) is 27.8. The van der Waals surface area contributed by atoms with Crippen molar-refractivity contribution >= 4 is 16.1 Å². The summed E-state index contributed by atoms with van der Waals surface area (Å²) in [4.78, 5) is 12.1. The Morgan fingerprint density at radius 1 is 0.500 bits per heavy atom. The summed E-state index contributed by atoms with van der Waals surface area (Å²) in [7, 11) is -4.68. The number of aliphatic carboxylic acids is 1. The van der Waals surface area contributed by atoms with Crippen LogP contribution in [0, 0.1) is 0 Å². The molecule has 0 saturated carbocycles. The molecule has 0 aliphatic carbocycles. The molecule has 6 heteroatoms. The molecule has 0 radical (unpaired) electrons. The van der Waals surface area contributed by atoms with Gasteiger partial charge in [0.05, 0.1) is 0 Å². The number of hydrogen-bond donors (Lipinski definition) is 2. The van der Waals surface area contributed by atoms with Crippen LogP contribution in [0.1, 0.15) is 194 Å². The first-order valence-corrected chi connectivity index (χ1v) is 19.3. The van der Waals surface area contributed by atoms with E-state index in [9.17, 15) is 22.9 Å². The van der Waals surface area contributed by atoms with Gasteiger partial charge in [-0.1, -0.05) is 154 Å². The predicted octanol–water partition coefficient (Wildman–Crippen LogP) is 11.8. The van der Waals surface area contributed by atoms with E-state index < -0.39 is 20.8 Å². The average molecular weight is 613 g/mol. The minimum Gasteiger partial charge on any atom is -0.480 e. The largest absolute Gasteiger partial charge is 0.480 e. The van der Waals surface area contributed by atoms with Crippen LogP contribution >= 0.6 is 0 Å². The first-order valence-electron chi connectivity index (χ1n) is 17.8. The zero-order valence-corrected chi connectivity index (χ0v) is 28.5. The highest BCUT2D eigenvalue weighted by atomic mass is 32.2. The van der Waals surface area contributed by atoms with Crippen molar-refractivity contribution in [3.8, 4) is 0 Å². The predicted molar refractivity (Wildman–Crippen MR) is 181 cm³/mol. The van der Waals surface area contributed by atoms with Crippen molar-refractivity contribution in [2.24, 2.45) is 0 Å². The number of hydrogen-bond acceptors (Lipinski definition) is 3. The smallest absolute Gasteiger partial charge is 0.327 e. The van der Waals surface area contributed by atoms with E-state index in [1.807, 2.05) is 0 Å². The van der Waals surface area contributed by atoms with E-state index in [0.29, 0.717) is 12.8 Å². The van der Waals surface area contributed by atoms with Crippen molar-refractivity contribution in [3.63, 3.8) is 0 Å². The molecule has 0 rings (SSSR count). The molecule has 42 heavy (non-hydrogen) atoms. The van der Waals surface area contributed by atoms with Gasteiger partial charge in [-0.2, -0.15) is 8.42 Å². The zero-order valence-electron chi connectivity index (χ0n) is 27.6. The monoisotopic (exact) mass is 612 g/mol. The lowest BCUT2D eigenvalue weighted by atomic mass is 9.93. The minimum absolute atomic E-state index is 0.0104. The highest BCUT2D eigenvalue weighted by Gasteiger charge is 2.49. The first-order chi connectivity index (χ1) is 20.3. The molecule has 0 aliphatic rings. The maximum atomic E-state index is 12.2. The number of carboxylic acid groups (broad SMARTS) is 1. The Bertz CT molecular complexity index is 774. The third kappa shape index (κ3) is 22.4. The van der Waals surface area contributed by atoms with Gasteiger partial charge in [0.15, 0.2) is 4.75 Å². The molecule has 1 unspecified atom stereocenters. The van der Waals surface area contributed by atoms with Gasteiger partial charge in [-0.3, -0.25) is 9.35 Å². The van der Waals surface area contributed by atoms with Gasteiger partial charge in [0.25, 0.3) is 10.1 Å². The molecule has 0 fully saturated rings. The second-order valence-corrected chi connectivity index (χ2v) is 14.2. The van der Waals surface area contributed by atoms with Gasteiger partial charge >= 0.3 is 5.97 Å². The molecular weight excluding hydrogens is 544 g/mol. The summed E-state index contributed by atoms with van der Waals surface area (Å²) < 4.78 is 32.3. The summed E-state index contributed by atoms with van der Waals surface area (Å²) in [6.07, 6.45) is 38.3. The van der Waals surface area contributed by atoms with E-state index in [-0.39, 0.29) is 12.8 Å². The Morgan fingerprint density at radius 3 is 1.02 bits per heavy atom. The van der Waals surface area contributed by atoms with E-state index in [2.05, 4.69) is 38.2 Å². The Labute approximate surface area is 261 Å². The third-order valence-corrected chi connectivity index (χ3v) is 10.1. The Hall–Kier alpha value is -1.14. The van der Waals surface area contributed by atoms with Gasteiger partial charge < -0.3 is 5.11 Å². The van der Waals surface area contributed by atoms with Gasteiger partial charge in [-0.25, -0.2) is 0 Å². The molecule has 0 saturated heterocycles. The third-order valence-electron chi connectivity index (χ3n) is 8.57. The summed E-state index contributed by atoms with van der Waals surface area (Å²) in [6.45, 7) is 4.48. The molecule has 0 spiro atoms. The first kappa shape index (κ1) is 40.9. The molecule has 0 amide bonds. The van der Waals surface area contributed by atoms with Gasteiger partial charge in [-0.15, -0.1) is 0 Å². The van der Waals surface area contributed by atoms with E-state index in [1.165, 1.54) is 83.5 Å². The van der Waals surface area contributed by atoms with E-state index >= 15 is 0 Å². The molecule has 0 aromatic heterocycles. The van der Waals surface area contributed by atoms with Gasteiger partial charge in [0.1, 0.15) is 0 Å². The van der Waals surface area contributed by atoms with Crippen LogP contribution in [0.3, 0.4) is 0 Å².